The van der Waals surface area contributed by atoms with Gasteiger partial charge in [0, 0.05) is 29.1 Å². The van der Waals surface area contributed by atoms with Gasteiger partial charge in [-0.15, -0.1) is 0 Å². The van der Waals surface area contributed by atoms with Gasteiger partial charge >= 0.3 is 0 Å². The third-order valence-corrected chi connectivity index (χ3v) is 5.18. The fraction of sp³-hybridized carbons (Fsp3) is 0.524. The minimum absolute atomic E-state index is 0.0879. The summed E-state index contributed by atoms with van der Waals surface area (Å²) in [4.78, 5) is 19.2. The third kappa shape index (κ3) is 5.55. The number of carbonyl (C=O) groups is 1. The van der Waals surface area contributed by atoms with Crippen LogP contribution in [0.5, 0.6) is 0 Å². The van der Waals surface area contributed by atoms with E-state index in [2.05, 4.69) is 36.0 Å². The van der Waals surface area contributed by atoms with Gasteiger partial charge in [0.2, 0.25) is 0 Å². The zero-order valence-electron chi connectivity index (χ0n) is 16.6. The molecule has 0 aliphatic carbocycles. The number of rotatable bonds is 5. The van der Waals surface area contributed by atoms with Crippen molar-refractivity contribution in [1.82, 2.24) is 15.2 Å². The number of carbonyl (C=O) groups excluding carboxylic acids is 1. The number of hydrogen-bond donors (Lipinski definition) is 1. The van der Waals surface area contributed by atoms with E-state index in [1.54, 1.807) is 6.26 Å². The molecule has 1 aliphatic rings. The summed E-state index contributed by atoms with van der Waals surface area (Å²) in [5.74, 6) is 0.374. The predicted octanol–water partition coefficient (Wildman–Crippen LogP) is 4.41. The number of nitrogens with one attached hydrogen (secondary N) is 1. The summed E-state index contributed by atoms with van der Waals surface area (Å²) in [5, 5.41) is 3.12. The minimum Gasteiger partial charge on any atom is -0.448 e. The second-order valence-electron chi connectivity index (χ2n) is 8.48. The zero-order chi connectivity index (χ0) is 20.3. The Morgan fingerprint density at radius 1 is 1.32 bits per heavy atom. The lowest BCUT2D eigenvalue weighted by Gasteiger charge is -2.31. The predicted molar refractivity (Wildman–Crippen MR) is 107 cm³/mol. The number of hydrogen-bond acceptors (Lipinski definition) is 4. The van der Waals surface area contributed by atoms with Crippen LogP contribution in [0.2, 0.25) is 5.02 Å². The Morgan fingerprint density at radius 3 is 2.64 bits per heavy atom. The second-order valence-corrected chi connectivity index (χ2v) is 8.92. The highest BCUT2D eigenvalue weighted by molar-refractivity contribution is 6.31. The normalized spacial score (nSPS) is 16.3. The summed E-state index contributed by atoms with van der Waals surface area (Å²) < 4.78 is 19.0. The van der Waals surface area contributed by atoms with Gasteiger partial charge < -0.3 is 9.73 Å². The average Bonchev–Trinajstić information content (AvgIpc) is 3.09. The van der Waals surface area contributed by atoms with Crippen molar-refractivity contribution < 1.29 is 13.6 Å². The summed E-state index contributed by atoms with van der Waals surface area (Å²) in [6.07, 6.45) is 3.74. The molecular formula is C21H27ClFN3O2. The summed E-state index contributed by atoms with van der Waals surface area (Å²) in [6.45, 7) is 9.51. The van der Waals surface area contributed by atoms with Gasteiger partial charge in [0.25, 0.3) is 5.91 Å². The highest BCUT2D eigenvalue weighted by Gasteiger charge is 2.23. The molecule has 0 saturated carbocycles. The molecule has 2 aromatic rings. The van der Waals surface area contributed by atoms with Gasteiger partial charge in [-0.3, -0.25) is 9.69 Å². The Morgan fingerprint density at radius 2 is 2.04 bits per heavy atom. The maximum Gasteiger partial charge on any atom is 0.251 e. The van der Waals surface area contributed by atoms with Crippen LogP contribution in [0.15, 0.2) is 28.9 Å². The summed E-state index contributed by atoms with van der Waals surface area (Å²) >= 11 is 5.81. The molecule has 3 rings (SSSR count). The van der Waals surface area contributed by atoms with E-state index in [-0.39, 0.29) is 21.9 Å². The number of benzene rings is 1. The van der Waals surface area contributed by atoms with Crippen LogP contribution in [0.1, 0.15) is 55.6 Å². The molecule has 0 unspecified atom stereocenters. The van der Waals surface area contributed by atoms with Crippen LogP contribution < -0.4 is 5.32 Å². The molecule has 5 nitrogen and oxygen atoms in total. The van der Waals surface area contributed by atoms with Crippen LogP contribution in [0, 0.1) is 11.7 Å². The van der Waals surface area contributed by atoms with Crippen molar-refractivity contribution in [2.75, 3.05) is 19.6 Å². The van der Waals surface area contributed by atoms with Crippen LogP contribution in [-0.4, -0.2) is 35.4 Å². The quantitative estimate of drug-likeness (QED) is 0.797. The molecule has 28 heavy (non-hydrogen) atoms. The maximum absolute atomic E-state index is 13.4. The number of amides is 1. The molecule has 0 spiro atoms. The lowest BCUT2D eigenvalue weighted by molar-refractivity contribution is 0.0934. The molecule has 1 N–H and O–H groups in total. The fourth-order valence-electron chi connectivity index (χ4n) is 3.33. The fourth-order valence-corrected chi connectivity index (χ4v) is 3.55. The number of nitrogens with zero attached hydrogens (tertiary/aromatic N) is 2. The van der Waals surface area contributed by atoms with Crippen LogP contribution in [0.4, 0.5) is 4.39 Å². The van der Waals surface area contributed by atoms with Gasteiger partial charge in [-0.05, 0) is 50.0 Å². The molecular weight excluding hydrogens is 381 g/mol. The molecule has 152 valence electrons. The first-order valence-electron chi connectivity index (χ1n) is 9.62. The van der Waals surface area contributed by atoms with E-state index in [0.717, 1.165) is 44.1 Å². The minimum atomic E-state index is -0.506. The number of halogens is 2. The monoisotopic (exact) mass is 407 g/mol. The van der Waals surface area contributed by atoms with Gasteiger partial charge in [0.1, 0.15) is 12.1 Å². The first-order valence-corrected chi connectivity index (χ1v) is 10.00. The highest BCUT2D eigenvalue weighted by Crippen LogP contribution is 2.23. The van der Waals surface area contributed by atoms with Crippen molar-refractivity contribution in [3.05, 3.63) is 52.5 Å². The lowest BCUT2D eigenvalue weighted by Crippen LogP contribution is -2.38. The summed E-state index contributed by atoms with van der Waals surface area (Å²) in [5.41, 5.74) is 1.12. The van der Waals surface area contributed by atoms with E-state index in [0.29, 0.717) is 12.5 Å². The Balaban J connectivity index is 1.44. The maximum atomic E-state index is 13.4. The molecule has 1 aliphatic heterocycles. The van der Waals surface area contributed by atoms with E-state index in [1.165, 1.54) is 18.2 Å². The largest absolute Gasteiger partial charge is 0.448 e. The Labute approximate surface area is 170 Å². The van der Waals surface area contributed by atoms with E-state index in [9.17, 15) is 9.18 Å². The van der Waals surface area contributed by atoms with Crippen molar-refractivity contribution in [3.63, 3.8) is 0 Å². The Kier molecular flexibility index (Phi) is 6.40. The second kappa shape index (κ2) is 8.62. The first-order chi connectivity index (χ1) is 13.2. The topological polar surface area (TPSA) is 58.4 Å². The van der Waals surface area contributed by atoms with Crippen molar-refractivity contribution in [1.29, 1.82) is 0 Å². The zero-order valence-corrected chi connectivity index (χ0v) is 17.4. The molecule has 0 bridgehead atoms. The average molecular weight is 408 g/mol. The molecule has 1 aromatic carbocycles. The molecule has 1 saturated heterocycles. The molecule has 1 aromatic heterocycles. The lowest BCUT2D eigenvalue weighted by atomic mass is 9.96. The molecule has 1 amide bonds. The molecule has 0 radical (unpaired) electrons. The Hall–Kier alpha value is -1.92. The van der Waals surface area contributed by atoms with E-state index < -0.39 is 5.82 Å². The van der Waals surface area contributed by atoms with Crippen molar-refractivity contribution >= 4 is 17.5 Å². The van der Waals surface area contributed by atoms with Gasteiger partial charge in [0.15, 0.2) is 5.89 Å². The standard InChI is InChI=1S/C21H27ClFN3O2/c1-21(2,3)20-25-18(13-28-20)12-26-6-4-14(5-7-26)11-24-19(27)15-8-16(22)10-17(23)9-15/h8-10,13-14H,4-7,11-12H2,1-3H3,(H,24,27). The summed E-state index contributed by atoms with van der Waals surface area (Å²) in [6, 6.07) is 3.87. The number of piperidine rings is 1. The molecule has 7 heteroatoms. The van der Waals surface area contributed by atoms with E-state index in [4.69, 9.17) is 16.0 Å². The van der Waals surface area contributed by atoms with Crippen molar-refractivity contribution in [2.24, 2.45) is 5.92 Å². The molecule has 0 atom stereocenters. The van der Waals surface area contributed by atoms with Crippen LogP contribution in [0.25, 0.3) is 0 Å². The van der Waals surface area contributed by atoms with Gasteiger partial charge in [-0.2, -0.15) is 0 Å². The van der Waals surface area contributed by atoms with Crippen molar-refractivity contribution in [2.45, 2.75) is 45.6 Å². The van der Waals surface area contributed by atoms with Crippen LogP contribution in [0.3, 0.4) is 0 Å². The summed E-state index contributed by atoms with van der Waals surface area (Å²) in [7, 11) is 0. The van der Waals surface area contributed by atoms with E-state index in [1.807, 2.05) is 0 Å². The number of aromatic nitrogens is 1. The van der Waals surface area contributed by atoms with Crippen molar-refractivity contribution in [3.8, 4) is 0 Å². The van der Waals surface area contributed by atoms with Gasteiger partial charge in [-0.1, -0.05) is 32.4 Å². The van der Waals surface area contributed by atoms with E-state index >= 15 is 0 Å². The van der Waals surface area contributed by atoms with Crippen LogP contribution in [-0.2, 0) is 12.0 Å². The molecule has 2 heterocycles. The number of oxazole rings is 1. The molecule has 1 fully saturated rings. The Bertz CT molecular complexity index is 803. The number of likely N-dealkylation sites (tertiary alicyclic amines) is 1. The highest BCUT2D eigenvalue weighted by atomic mass is 35.5. The smallest absolute Gasteiger partial charge is 0.251 e. The van der Waals surface area contributed by atoms with Gasteiger partial charge in [-0.25, -0.2) is 9.37 Å². The van der Waals surface area contributed by atoms with Gasteiger partial charge in [0.05, 0.1) is 5.69 Å². The third-order valence-electron chi connectivity index (χ3n) is 4.96. The first kappa shape index (κ1) is 20.8. The van der Waals surface area contributed by atoms with Crippen LogP contribution >= 0.6 is 11.6 Å². The SMILES string of the molecule is CC(C)(C)c1nc(CN2CCC(CNC(=O)c3cc(F)cc(Cl)c3)CC2)co1.